The number of hydrogen-bond acceptors (Lipinski definition) is 3. The molecular formula is C44H30N4. The van der Waals surface area contributed by atoms with Crippen LogP contribution in [0, 0.1) is 6.57 Å². The Bertz CT molecular complexity index is 2360. The fraction of sp³-hybridized carbons (Fsp3) is 0.0455. The van der Waals surface area contributed by atoms with Gasteiger partial charge in [0.25, 0.3) is 0 Å². The maximum atomic E-state index is 7.35. The van der Waals surface area contributed by atoms with Crippen molar-refractivity contribution in [3.8, 4) is 56.2 Å². The van der Waals surface area contributed by atoms with Crippen molar-refractivity contribution in [1.82, 2.24) is 15.0 Å². The van der Waals surface area contributed by atoms with Crippen LogP contribution in [-0.2, 0) is 0 Å². The van der Waals surface area contributed by atoms with Crippen molar-refractivity contribution >= 4 is 16.5 Å². The molecule has 0 amide bonds. The highest BCUT2D eigenvalue weighted by atomic mass is 15.0. The van der Waals surface area contributed by atoms with E-state index in [-0.39, 0.29) is 5.92 Å². The average molecular weight is 615 g/mol. The summed E-state index contributed by atoms with van der Waals surface area (Å²) in [5, 5.41) is 2.40. The summed E-state index contributed by atoms with van der Waals surface area (Å²) in [5.74, 6) is 2.28. The van der Waals surface area contributed by atoms with Gasteiger partial charge >= 0.3 is 0 Å². The van der Waals surface area contributed by atoms with Crippen LogP contribution in [0.1, 0.15) is 18.2 Å². The standard InChI is InChI=1S/C44H30N4/c1-45-37-16-10-15-36(29-37)30-19-21-31(22-20-30)38-27-28-39(41-18-9-8-17-40(38)41)32-23-25-35(26-24-32)44-47-42(33-11-4-2-5-12-33)46-43(48-44)34-13-6-3-7-14-34/h2-13,15-29,34H,14H2. The molecule has 7 aromatic rings. The Morgan fingerprint density at radius 2 is 1.06 bits per heavy atom. The number of hydrogen-bond donors (Lipinski definition) is 0. The molecule has 4 nitrogen and oxygen atoms in total. The minimum atomic E-state index is 0.121. The van der Waals surface area contributed by atoms with Gasteiger partial charge in [-0.15, -0.1) is 0 Å². The van der Waals surface area contributed by atoms with Crippen LogP contribution in [-0.4, -0.2) is 15.0 Å². The van der Waals surface area contributed by atoms with Crippen LogP contribution in [0.2, 0.25) is 0 Å². The molecule has 1 heterocycles. The molecule has 48 heavy (non-hydrogen) atoms. The highest BCUT2D eigenvalue weighted by Crippen LogP contribution is 2.37. The molecule has 4 heteroatoms. The summed E-state index contributed by atoms with van der Waals surface area (Å²) in [5.41, 5.74) is 9.37. The molecule has 0 aliphatic heterocycles. The van der Waals surface area contributed by atoms with E-state index in [1.54, 1.807) is 0 Å². The average Bonchev–Trinajstić information content (AvgIpc) is 3.18. The Morgan fingerprint density at radius 1 is 0.500 bits per heavy atom. The number of nitrogens with zero attached hydrogens (tertiary/aromatic N) is 4. The zero-order chi connectivity index (χ0) is 32.3. The second-order valence-corrected chi connectivity index (χ2v) is 11.9. The van der Waals surface area contributed by atoms with Crippen molar-refractivity contribution in [2.45, 2.75) is 12.3 Å². The van der Waals surface area contributed by atoms with Gasteiger partial charge in [0.2, 0.25) is 0 Å². The first kappa shape index (κ1) is 29.0. The quantitative estimate of drug-likeness (QED) is 0.175. The molecule has 6 aromatic carbocycles. The predicted octanol–water partition coefficient (Wildman–Crippen LogP) is 11.5. The molecule has 1 atom stereocenters. The van der Waals surface area contributed by atoms with Gasteiger partial charge in [0.1, 0.15) is 5.82 Å². The first-order valence-corrected chi connectivity index (χ1v) is 16.1. The largest absolute Gasteiger partial charge is 0.238 e. The lowest BCUT2D eigenvalue weighted by atomic mass is 9.91. The number of allylic oxidation sites excluding steroid dienone is 4. The first-order valence-electron chi connectivity index (χ1n) is 16.1. The predicted molar refractivity (Wildman–Crippen MR) is 196 cm³/mol. The smallest absolute Gasteiger partial charge is 0.187 e. The number of rotatable bonds is 6. The van der Waals surface area contributed by atoms with Gasteiger partial charge in [0.15, 0.2) is 17.3 Å². The van der Waals surface area contributed by atoms with Crippen LogP contribution in [0.15, 0.2) is 164 Å². The monoisotopic (exact) mass is 614 g/mol. The van der Waals surface area contributed by atoms with Gasteiger partial charge in [-0.1, -0.05) is 158 Å². The molecule has 0 fully saturated rings. The third-order valence-corrected chi connectivity index (χ3v) is 8.88. The van der Waals surface area contributed by atoms with Crippen LogP contribution in [0.4, 0.5) is 5.69 Å². The minimum absolute atomic E-state index is 0.121. The van der Waals surface area contributed by atoms with Crippen molar-refractivity contribution in [2.75, 3.05) is 0 Å². The zero-order valence-corrected chi connectivity index (χ0v) is 26.2. The number of aromatic nitrogens is 3. The fourth-order valence-corrected chi connectivity index (χ4v) is 6.37. The van der Waals surface area contributed by atoms with E-state index in [4.69, 9.17) is 21.5 Å². The second kappa shape index (κ2) is 12.7. The molecule has 0 spiro atoms. The number of benzene rings is 6. The van der Waals surface area contributed by atoms with E-state index in [0.29, 0.717) is 17.3 Å². The van der Waals surface area contributed by atoms with Crippen molar-refractivity contribution in [2.24, 2.45) is 0 Å². The van der Waals surface area contributed by atoms with E-state index in [0.717, 1.165) is 45.6 Å². The van der Waals surface area contributed by atoms with Gasteiger partial charge in [-0.25, -0.2) is 19.8 Å². The summed E-state index contributed by atoms with van der Waals surface area (Å²) in [6.07, 6.45) is 9.33. The molecule has 0 bridgehead atoms. The first-order chi connectivity index (χ1) is 23.7. The van der Waals surface area contributed by atoms with Crippen LogP contribution in [0.25, 0.3) is 71.8 Å². The SMILES string of the molecule is [C-]#[N+]c1cccc(-c2ccc(-c3ccc(-c4ccc(-c5nc(-c6ccccc6)nc(C6C=CC=CC6)n5)cc4)c4ccccc34)cc2)c1. The molecular weight excluding hydrogens is 585 g/mol. The Kier molecular flexibility index (Phi) is 7.70. The summed E-state index contributed by atoms with van der Waals surface area (Å²) in [6.45, 7) is 7.35. The van der Waals surface area contributed by atoms with Crippen LogP contribution in [0.3, 0.4) is 0 Å². The lowest BCUT2D eigenvalue weighted by Gasteiger charge is -2.15. The van der Waals surface area contributed by atoms with Crippen molar-refractivity contribution < 1.29 is 0 Å². The Hall–Kier alpha value is -6.44. The lowest BCUT2D eigenvalue weighted by molar-refractivity contribution is 0.764. The number of fused-ring (bicyclic) bond motifs is 1. The summed E-state index contributed by atoms with van der Waals surface area (Å²) in [4.78, 5) is 18.4. The summed E-state index contributed by atoms with van der Waals surface area (Å²) < 4.78 is 0. The van der Waals surface area contributed by atoms with Crippen molar-refractivity contribution in [3.05, 3.63) is 181 Å². The molecule has 226 valence electrons. The van der Waals surface area contributed by atoms with E-state index in [1.807, 2.05) is 54.6 Å². The molecule has 1 aliphatic rings. The fourth-order valence-electron chi connectivity index (χ4n) is 6.37. The maximum absolute atomic E-state index is 7.35. The summed E-state index contributed by atoms with van der Waals surface area (Å²) in [6, 6.07) is 48.1. The van der Waals surface area contributed by atoms with Gasteiger partial charge < -0.3 is 0 Å². The highest BCUT2D eigenvalue weighted by Gasteiger charge is 2.17. The van der Waals surface area contributed by atoms with E-state index in [1.165, 1.54) is 21.9 Å². The molecule has 1 unspecified atom stereocenters. The van der Waals surface area contributed by atoms with Gasteiger partial charge in [0.05, 0.1) is 6.57 Å². The van der Waals surface area contributed by atoms with Gasteiger partial charge in [-0.3, -0.25) is 0 Å². The van der Waals surface area contributed by atoms with Crippen molar-refractivity contribution in [3.63, 3.8) is 0 Å². The zero-order valence-electron chi connectivity index (χ0n) is 26.2. The van der Waals surface area contributed by atoms with Crippen LogP contribution < -0.4 is 0 Å². The Morgan fingerprint density at radius 3 is 1.67 bits per heavy atom. The van der Waals surface area contributed by atoms with Gasteiger partial charge in [0, 0.05) is 17.0 Å². The van der Waals surface area contributed by atoms with E-state index < -0.39 is 0 Å². The van der Waals surface area contributed by atoms with Crippen LogP contribution >= 0.6 is 0 Å². The Labute approximate surface area is 280 Å². The van der Waals surface area contributed by atoms with E-state index in [9.17, 15) is 0 Å². The second-order valence-electron chi connectivity index (χ2n) is 11.9. The van der Waals surface area contributed by atoms with Gasteiger partial charge in [-0.2, -0.15) is 0 Å². The molecule has 1 aromatic heterocycles. The summed E-state index contributed by atoms with van der Waals surface area (Å²) >= 11 is 0. The molecule has 0 radical (unpaired) electrons. The normalized spacial score (nSPS) is 13.8. The molecule has 0 N–H and O–H groups in total. The summed E-state index contributed by atoms with van der Waals surface area (Å²) in [7, 11) is 0. The molecule has 8 rings (SSSR count). The molecule has 0 saturated heterocycles. The minimum Gasteiger partial charge on any atom is -0.238 e. The Balaban J connectivity index is 1.13. The topological polar surface area (TPSA) is 43.0 Å². The maximum Gasteiger partial charge on any atom is 0.187 e. The van der Waals surface area contributed by atoms with E-state index in [2.05, 4.69) is 114 Å². The highest BCUT2D eigenvalue weighted by molar-refractivity contribution is 6.05. The van der Waals surface area contributed by atoms with Crippen molar-refractivity contribution in [1.29, 1.82) is 0 Å². The van der Waals surface area contributed by atoms with Gasteiger partial charge in [-0.05, 0) is 56.6 Å². The lowest BCUT2D eigenvalue weighted by Crippen LogP contribution is -2.07. The third-order valence-electron chi connectivity index (χ3n) is 8.88. The van der Waals surface area contributed by atoms with Crippen LogP contribution in [0.5, 0.6) is 0 Å². The molecule has 1 aliphatic carbocycles. The third kappa shape index (κ3) is 5.70. The van der Waals surface area contributed by atoms with E-state index >= 15 is 0 Å². The molecule has 0 saturated carbocycles.